The van der Waals surface area contributed by atoms with E-state index in [-0.39, 0.29) is 5.97 Å². The molecule has 0 saturated heterocycles. The van der Waals surface area contributed by atoms with E-state index in [1.54, 1.807) is 20.1 Å². The summed E-state index contributed by atoms with van der Waals surface area (Å²) in [4.78, 5) is 11.1. The minimum absolute atomic E-state index is 0.313. The molecule has 0 N–H and O–H groups in total. The summed E-state index contributed by atoms with van der Waals surface area (Å²) in [5, 5.41) is 0. The number of esters is 1. The van der Waals surface area contributed by atoms with Crippen molar-refractivity contribution in [2.75, 3.05) is 13.7 Å². The molecule has 17 heavy (non-hydrogen) atoms. The first kappa shape index (κ1) is 13.8. The maximum absolute atomic E-state index is 11.1. The Kier molecular flexibility index (Phi) is 5.77. The lowest BCUT2D eigenvalue weighted by atomic mass is 10.1. The van der Waals surface area contributed by atoms with Gasteiger partial charge in [0, 0.05) is 10.5 Å². The summed E-state index contributed by atoms with van der Waals surface area (Å²) in [5.41, 5.74) is 1.06. The van der Waals surface area contributed by atoms with Crippen LogP contribution in [0.15, 0.2) is 34.8 Å². The van der Waals surface area contributed by atoms with E-state index in [9.17, 15) is 4.79 Å². The Balaban J connectivity index is 2.65. The molecular weight excluding hydrogens is 284 g/mol. The molecule has 0 atom stereocenters. The van der Waals surface area contributed by atoms with E-state index < -0.39 is 0 Å². The fourth-order valence-corrected chi connectivity index (χ4v) is 1.72. The van der Waals surface area contributed by atoms with E-state index in [0.717, 1.165) is 15.8 Å². The zero-order valence-electron chi connectivity index (χ0n) is 9.90. The van der Waals surface area contributed by atoms with E-state index in [4.69, 9.17) is 9.47 Å². The summed E-state index contributed by atoms with van der Waals surface area (Å²) < 4.78 is 10.9. The fourth-order valence-electron chi connectivity index (χ4n) is 1.31. The molecule has 3 nitrogen and oxygen atoms in total. The van der Waals surface area contributed by atoms with Crippen molar-refractivity contribution in [3.05, 3.63) is 40.4 Å². The molecule has 92 valence electrons. The van der Waals surface area contributed by atoms with Gasteiger partial charge in [0.1, 0.15) is 5.75 Å². The number of hydrogen-bond donors (Lipinski definition) is 0. The third-order valence-electron chi connectivity index (χ3n) is 2.13. The molecule has 0 radical (unpaired) electrons. The molecule has 4 heteroatoms. The Morgan fingerprint density at radius 1 is 1.47 bits per heavy atom. The Labute approximate surface area is 110 Å². The first-order valence-corrected chi connectivity index (χ1v) is 6.12. The van der Waals surface area contributed by atoms with Crippen molar-refractivity contribution in [1.29, 1.82) is 0 Å². The second-order valence-electron chi connectivity index (χ2n) is 3.32. The maximum Gasteiger partial charge on any atom is 0.330 e. The van der Waals surface area contributed by atoms with Crippen LogP contribution in [0.25, 0.3) is 0 Å². The number of hydrogen-bond acceptors (Lipinski definition) is 3. The first-order chi connectivity index (χ1) is 8.17. The highest BCUT2D eigenvalue weighted by molar-refractivity contribution is 9.10. The van der Waals surface area contributed by atoms with Gasteiger partial charge in [0.25, 0.3) is 0 Å². The van der Waals surface area contributed by atoms with Crippen molar-refractivity contribution >= 4 is 21.9 Å². The molecule has 0 amide bonds. The van der Waals surface area contributed by atoms with Crippen LogP contribution < -0.4 is 4.74 Å². The van der Waals surface area contributed by atoms with Crippen LogP contribution in [0.5, 0.6) is 5.75 Å². The maximum atomic E-state index is 11.1. The van der Waals surface area contributed by atoms with Gasteiger partial charge in [-0.1, -0.05) is 22.0 Å². The SMILES string of the molecule is CCOC(=O)/C=C/Cc1cc(OC)ccc1Br. The third-order valence-corrected chi connectivity index (χ3v) is 2.90. The highest BCUT2D eigenvalue weighted by Gasteiger charge is 2.01. The van der Waals surface area contributed by atoms with Gasteiger partial charge in [-0.2, -0.15) is 0 Å². The summed E-state index contributed by atoms with van der Waals surface area (Å²) in [6.07, 6.45) is 3.86. The molecule has 0 fully saturated rings. The summed E-state index contributed by atoms with van der Waals surface area (Å²) >= 11 is 3.45. The fraction of sp³-hybridized carbons (Fsp3) is 0.308. The Bertz CT molecular complexity index is 413. The lowest BCUT2D eigenvalue weighted by Gasteiger charge is -2.04. The molecular formula is C13H15BrO3. The topological polar surface area (TPSA) is 35.5 Å². The zero-order chi connectivity index (χ0) is 12.7. The van der Waals surface area contributed by atoms with E-state index in [1.165, 1.54) is 6.08 Å². The van der Waals surface area contributed by atoms with Crippen LogP contribution in [0.2, 0.25) is 0 Å². The number of carbonyl (C=O) groups is 1. The van der Waals surface area contributed by atoms with Crippen LogP contribution in [0.4, 0.5) is 0 Å². The van der Waals surface area contributed by atoms with E-state index in [1.807, 2.05) is 18.2 Å². The van der Waals surface area contributed by atoms with Crippen molar-refractivity contribution in [3.8, 4) is 5.75 Å². The van der Waals surface area contributed by atoms with E-state index >= 15 is 0 Å². The Morgan fingerprint density at radius 3 is 2.88 bits per heavy atom. The van der Waals surface area contributed by atoms with Gasteiger partial charge in [-0.25, -0.2) is 4.79 Å². The van der Waals surface area contributed by atoms with Gasteiger partial charge in [-0.05, 0) is 37.1 Å². The molecule has 0 aromatic heterocycles. The number of benzene rings is 1. The molecule has 0 heterocycles. The summed E-state index contributed by atoms with van der Waals surface area (Å²) in [7, 11) is 1.63. The van der Waals surface area contributed by atoms with Gasteiger partial charge >= 0.3 is 5.97 Å². The average Bonchev–Trinajstić information content (AvgIpc) is 2.32. The van der Waals surface area contributed by atoms with Crippen molar-refractivity contribution in [3.63, 3.8) is 0 Å². The smallest absolute Gasteiger partial charge is 0.330 e. The molecule has 1 aromatic rings. The number of carbonyl (C=O) groups excluding carboxylic acids is 1. The average molecular weight is 299 g/mol. The highest BCUT2D eigenvalue weighted by atomic mass is 79.9. The van der Waals surface area contributed by atoms with Crippen LogP contribution in [0.1, 0.15) is 12.5 Å². The van der Waals surface area contributed by atoms with Gasteiger partial charge in [0.15, 0.2) is 0 Å². The van der Waals surface area contributed by atoms with Crippen LogP contribution >= 0.6 is 15.9 Å². The number of ether oxygens (including phenoxy) is 2. The lowest BCUT2D eigenvalue weighted by Crippen LogP contribution is -1.99. The van der Waals surface area contributed by atoms with E-state index in [2.05, 4.69) is 15.9 Å². The predicted octanol–water partition coefficient (Wildman–Crippen LogP) is 3.12. The largest absolute Gasteiger partial charge is 0.497 e. The first-order valence-electron chi connectivity index (χ1n) is 5.33. The molecule has 0 spiro atoms. The van der Waals surface area contributed by atoms with Gasteiger partial charge in [-0.3, -0.25) is 0 Å². The normalized spacial score (nSPS) is 10.5. The summed E-state index contributed by atoms with van der Waals surface area (Å²) in [6.45, 7) is 2.18. The van der Waals surface area contributed by atoms with Crippen molar-refractivity contribution in [2.24, 2.45) is 0 Å². The Hall–Kier alpha value is -1.29. The van der Waals surface area contributed by atoms with Crippen LogP contribution in [-0.2, 0) is 16.0 Å². The minimum atomic E-state index is -0.313. The third kappa shape index (κ3) is 4.61. The van der Waals surface area contributed by atoms with Gasteiger partial charge in [0.2, 0.25) is 0 Å². The van der Waals surface area contributed by atoms with E-state index in [0.29, 0.717) is 13.0 Å². The molecule has 0 aliphatic carbocycles. The van der Waals surface area contributed by atoms with Crippen LogP contribution in [0.3, 0.4) is 0 Å². The number of methoxy groups -OCH3 is 1. The monoisotopic (exact) mass is 298 g/mol. The number of halogens is 1. The summed E-state index contributed by atoms with van der Waals surface area (Å²) in [5.74, 6) is 0.485. The van der Waals surface area contributed by atoms with Gasteiger partial charge in [-0.15, -0.1) is 0 Å². The molecule has 0 unspecified atom stereocenters. The highest BCUT2D eigenvalue weighted by Crippen LogP contribution is 2.23. The second-order valence-corrected chi connectivity index (χ2v) is 4.17. The molecule has 1 aromatic carbocycles. The van der Waals surface area contributed by atoms with Crippen molar-refractivity contribution < 1.29 is 14.3 Å². The number of rotatable bonds is 5. The molecule has 1 rings (SSSR count). The Morgan fingerprint density at radius 2 is 2.24 bits per heavy atom. The molecule has 0 aliphatic heterocycles. The molecule has 0 saturated carbocycles. The standard InChI is InChI=1S/C13H15BrO3/c1-3-17-13(15)6-4-5-10-9-11(16-2)7-8-12(10)14/h4,6-9H,3,5H2,1-2H3/b6-4+. The molecule has 0 aliphatic rings. The van der Waals surface area contributed by atoms with Crippen LogP contribution in [-0.4, -0.2) is 19.7 Å². The van der Waals surface area contributed by atoms with Crippen molar-refractivity contribution in [2.45, 2.75) is 13.3 Å². The van der Waals surface area contributed by atoms with Crippen LogP contribution in [0, 0.1) is 0 Å². The quantitative estimate of drug-likeness (QED) is 0.619. The minimum Gasteiger partial charge on any atom is -0.497 e. The lowest BCUT2D eigenvalue weighted by molar-refractivity contribution is -0.137. The van der Waals surface area contributed by atoms with Gasteiger partial charge in [0.05, 0.1) is 13.7 Å². The number of allylic oxidation sites excluding steroid dienone is 1. The van der Waals surface area contributed by atoms with Gasteiger partial charge < -0.3 is 9.47 Å². The summed E-state index contributed by atoms with van der Waals surface area (Å²) in [6, 6.07) is 5.73. The predicted molar refractivity (Wildman–Crippen MR) is 70.2 cm³/mol. The van der Waals surface area contributed by atoms with Crippen molar-refractivity contribution in [1.82, 2.24) is 0 Å². The second kappa shape index (κ2) is 7.12. The zero-order valence-corrected chi connectivity index (χ0v) is 11.5. The molecule has 0 bridgehead atoms.